The second-order valence-electron chi connectivity index (χ2n) is 5.90. The minimum atomic E-state index is -0.672. The fourth-order valence-electron chi connectivity index (χ4n) is 3.03. The number of nitrogens with one attached hydrogen (secondary N) is 1. The Labute approximate surface area is 113 Å². The van der Waals surface area contributed by atoms with E-state index < -0.39 is 5.60 Å². The minimum Gasteiger partial charge on any atom is -0.388 e. The van der Waals surface area contributed by atoms with Crippen LogP contribution in [0.15, 0.2) is 6.07 Å². The second-order valence-corrected chi connectivity index (χ2v) is 5.90. The largest absolute Gasteiger partial charge is 0.388 e. The van der Waals surface area contributed by atoms with Gasteiger partial charge in [-0.05, 0) is 44.2 Å². The molecule has 0 saturated carbocycles. The van der Waals surface area contributed by atoms with Crippen molar-refractivity contribution in [2.45, 2.75) is 38.2 Å². The van der Waals surface area contributed by atoms with Crippen molar-refractivity contribution in [3.63, 3.8) is 0 Å². The number of aryl methyl sites for hydroxylation is 2. The number of hydrogen-bond donors (Lipinski definition) is 3. The number of pyridine rings is 1. The first-order valence-corrected chi connectivity index (χ1v) is 6.81. The Kier molecular flexibility index (Phi) is 2.74. The quantitative estimate of drug-likeness (QED) is 0.542. The highest BCUT2D eigenvalue weighted by molar-refractivity contribution is 6.00. The maximum absolute atomic E-state index is 10.1. The predicted octanol–water partition coefficient (Wildman–Crippen LogP) is 0.815. The van der Waals surface area contributed by atoms with Crippen molar-refractivity contribution in [3.8, 4) is 0 Å². The molecule has 0 radical (unpaired) electrons. The fraction of sp³-hybridized carbons (Fsp3) is 0.571. The molecule has 1 aliphatic carbocycles. The van der Waals surface area contributed by atoms with Crippen molar-refractivity contribution < 1.29 is 5.11 Å². The highest BCUT2D eigenvalue weighted by Gasteiger charge is 2.34. The molecule has 0 spiro atoms. The van der Waals surface area contributed by atoms with E-state index in [-0.39, 0.29) is 5.84 Å². The van der Waals surface area contributed by atoms with Crippen LogP contribution >= 0.6 is 0 Å². The summed E-state index contributed by atoms with van der Waals surface area (Å²) in [5, 5.41) is 17.8. The minimum absolute atomic E-state index is 0.0590. The van der Waals surface area contributed by atoms with Gasteiger partial charge in [0.15, 0.2) is 0 Å². The average Bonchev–Trinajstić information content (AvgIpc) is 2.92. The van der Waals surface area contributed by atoms with Crippen LogP contribution in [-0.4, -0.2) is 34.6 Å². The molecule has 1 atom stereocenters. The summed E-state index contributed by atoms with van der Waals surface area (Å²) < 4.78 is 0. The van der Waals surface area contributed by atoms with Gasteiger partial charge in [-0.1, -0.05) is 0 Å². The van der Waals surface area contributed by atoms with Crippen LogP contribution in [0.25, 0.3) is 0 Å². The van der Waals surface area contributed by atoms with E-state index in [1.807, 2.05) is 13.0 Å². The summed E-state index contributed by atoms with van der Waals surface area (Å²) in [6, 6.07) is 2.01. The highest BCUT2D eigenvalue weighted by Crippen LogP contribution is 2.31. The lowest BCUT2D eigenvalue weighted by atomic mass is 10.1. The summed E-state index contributed by atoms with van der Waals surface area (Å²) in [7, 11) is 0. The molecule has 1 unspecified atom stereocenters. The summed E-state index contributed by atoms with van der Waals surface area (Å²) >= 11 is 0. The normalized spacial score (nSPS) is 25.7. The number of anilines is 1. The lowest BCUT2D eigenvalue weighted by Gasteiger charge is -2.23. The number of rotatable bonds is 2. The molecular weight excluding hydrogens is 240 g/mol. The SMILES string of the molecule is CC1(O)CCN(c2nc3c(cc2C(=N)N)CCC3)C1. The second kappa shape index (κ2) is 4.20. The molecule has 2 aliphatic rings. The van der Waals surface area contributed by atoms with Crippen molar-refractivity contribution in [3.05, 3.63) is 22.9 Å². The molecule has 1 fully saturated rings. The standard InChI is InChI=1S/C14H20N4O/c1-14(19)5-6-18(8-14)13-10(12(15)16)7-9-3-2-4-11(9)17-13/h7,19H,2-6,8H2,1H3,(H3,15,16). The first-order valence-electron chi connectivity index (χ1n) is 6.81. The first kappa shape index (κ1) is 12.4. The van der Waals surface area contributed by atoms with Crippen LogP contribution < -0.4 is 10.6 Å². The van der Waals surface area contributed by atoms with Crippen molar-refractivity contribution in [1.29, 1.82) is 5.41 Å². The molecule has 3 rings (SSSR count). The van der Waals surface area contributed by atoms with Gasteiger partial charge < -0.3 is 15.7 Å². The Balaban J connectivity index is 2.02. The van der Waals surface area contributed by atoms with E-state index in [2.05, 4.69) is 4.90 Å². The smallest absolute Gasteiger partial charge is 0.139 e. The molecule has 19 heavy (non-hydrogen) atoms. The van der Waals surface area contributed by atoms with E-state index in [1.54, 1.807) is 0 Å². The summed E-state index contributed by atoms with van der Waals surface area (Å²) in [6.07, 6.45) is 3.88. The van der Waals surface area contributed by atoms with Crippen molar-refractivity contribution in [2.75, 3.05) is 18.0 Å². The van der Waals surface area contributed by atoms with Crippen molar-refractivity contribution >= 4 is 11.7 Å². The molecule has 0 aromatic carbocycles. The number of β-amino-alcohol motifs (C(OH)–C–C–N with tert-alkyl or cyclic N) is 1. The lowest BCUT2D eigenvalue weighted by Crippen LogP contribution is -2.31. The zero-order valence-electron chi connectivity index (χ0n) is 11.2. The summed E-state index contributed by atoms with van der Waals surface area (Å²) in [5.74, 6) is 0.828. The van der Waals surface area contributed by atoms with Crippen LogP contribution in [-0.2, 0) is 12.8 Å². The summed E-state index contributed by atoms with van der Waals surface area (Å²) in [4.78, 5) is 6.77. The van der Waals surface area contributed by atoms with Gasteiger partial charge in [0.2, 0.25) is 0 Å². The topological polar surface area (TPSA) is 86.2 Å². The third-order valence-electron chi connectivity index (χ3n) is 4.07. The van der Waals surface area contributed by atoms with Gasteiger partial charge in [0.1, 0.15) is 11.7 Å². The predicted molar refractivity (Wildman–Crippen MR) is 74.7 cm³/mol. The van der Waals surface area contributed by atoms with Gasteiger partial charge >= 0.3 is 0 Å². The van der Waals surface area contributed by atoms with Crippen molar-refractivity contribution in [1.82, 2.24) is 4.98 Å². The molecular formula is C14H20N4O. The number of aromatic nitrogens is 1. The molecule has 1 aromatic heterocycles. The Bertz CT molecular complexity index is 538. The number of nitrogens with two attached hydrogens (primary N) is 1. The van der Waals surface area contributed by atoms with Gasteiger partial charge in [-0.25, -0.2) is 4.98 Å². The number of hydrogen-bond acceptors (Lipinski definition) is 4. The molecule has 4 N–H and O–H groups in total. The van der Waals surface area contributed by atoms with Gasteiger partial charge in [-0.3, -0.25) is 5.41 Å². The van der Waals surface area contributed by atoms with E-state index >= 15 is 0 Å². The maximum Gasteiger partial charge on any atom is 0.139 e. The summed E-state index contributed by atoms with van der Waals surface area (Å²) in [5.41, 5.74) is 8.09. The van der Waals surface area contributed by atoms with Gasteiger partial charge in [0, 0.05) is 18.8 Å². The number of aliphatic hydroxyl groups is 1. The first-order chi connectivity index (χ1) is 8.96. The number of nitrogen functional groups attached to an aromatic ring is 1. The van der Waals surface area contributed by atoms with Crippen LogP contribution in [0, 0.1) is 5.41 Å². The molecule has 5 nitrogen and oxygen atoms in total. The fourth-order valence-corrected chi connectivity index (χ4v) is 3.03. The Morgan fingerprint density at radius 2 is 2.32 bits per heavy atom. The zero-order valence-corrected chi connectivity index (χ0v) is 11.2. The number of amidine groups is 1. The number of fused-ring (bicyclic) bond motifs is 1. The zero-order chi connectivity index (χ0) is 13.6. The van der Waals surface area contributed by atoms with Crippen molar-refractivity contribution in [2.24, 2.45) is 5.73 Å². The molecule has 5 heteroatoms. The molecule has 2 heterocycles. The lowest BCUT2D eigenvalue weighted by molar-refractivity contribution is 0.0839. The van der Waals surface area contributed by atoms with Crippen LogP contribution in [0.4, 0.5) is 5.82 Å². The Morgan fingerprint density at radius 1 is 1.53 bits per heavy atom. The molecule has 0 amide bonds. The van der Waals surface area contributed by atoms with E-state index in [0.717, 1.165) is 43.7 Å². The molecule has 1 aliphatic heterocycles. The van der Waals surface area contributed by atoms with Gasteiger partial charge in [-0.15, -0.1) is 0 Å². The van der Waals surface area contributed by atoms with Crippen LogP contribution in [0.5, 0.6) is 0 Å². The van der Waals surface area contributed by atoms with Crippen LogP contribution in [0.1, 0.15) is 36.6 Å². The van der Waals surface area contributed by atoms with Gasteiger partial charge in [0.05, 0.1) is 11.2 Å². The van der Waals surface area contributed by atoms with E-state index in [1.165, 1.54) is 5.56 Å². The Hall–Kier alpha value is -1.62. The van der Waals surface area contributed by atoms with Crippen LogP contribution in [0.3, 0.4) is 0 Å². The molecule has 1 aromatic rings. The summed E-state index contributed by atoms with van der Waals surface area (Å²) in [6.45, 7) is 3.16. The molecule has 102 valence electrons. The van der Waals surface area contributed by atoms with E-state index in [9.17, 15) is 5.11 Å². The molecule has 1 saturated heterocycles. The maximum atomic E-state index is 10.1. The number of nitrogens with zero attached hydrogens (tertiary/aromatic N) is 2. The monoisotopic (exact) mass is 260 g/mol. The van der Waals surface area contributed by atoms with E-state index in [0.29, 0.717) is 12.1 Å². The molecule has 0 bridgehead atoms. The van der Waals surface area contributed by atoms with Gasteiger partial charge in [0.25, 0.3) is 0 Å². The van der Waals surface area contributed by atoms with E-state index in [4.69, 9.17) is 16.1 Å². The van der Waals surface area contributed by atoms with Crippen LogP contribution in [0.2, 0.25) is 0 Å². The highest BCUT2D eigenvalue weighted by atomic mass is 16.3. The average molecular weight is 260 g/mol. The third-order valence-corrected chi connectivity index (χ3v) is 4.07. The Morgan fingerprint density at radius 3 is 2.95 bits per heavy atom. The van der Waals surface area contributed by atoms with Gasteiger partial charge in [-0.2, -0.15) is 0 Å². The third kappa shape index (κ3) is 2.18.